The van der Waals surface area contributed by atoms with Crippen LogP contribution in [0.3, 0.4) is 0 Å². The van der Waals surface area contributed by atoms with E-state index in [4.69, 9.17) is 16.6 Å². The number of hydrogen-bond donors (Lipinski definition) is 3. The van der Waals surface area contributed by atoms with Crippen LogP contribution in [0.5, 0.6) is 0 Å². The topological polar surface area (TPSA) is 90.1 Å². The molecule has 1 heterocycles. The smallest absolute Gasteiger partial charge is 0.153 e. The normalized spacial score (nSPS) is 10.6. The molecule has 1 aromatic heterocycles. The van der Waals surface area contributed by atoms with E-state index in [2.05, 4.69) is 5.10 Å². The van der Waals surface area contributed by atoms with E-state index in [0.29, 0.717) is 11.4 Å². The number of benzene rings is 1. The number of aliphatic hydroxyl groups excluding tert-OH is 1. The summed E-state index contributed by atoms with van der Waals surface area (Å²) in [5.74, 6) is 0.645. The SMILES string of the molecule is Cc1cccc(-n2nc(N)c(CO)c2N)c1. The van der Waals surface area contributed by atoms with Crippen molar-refractivity contribution in [3.05, 3.63) is 35.4 Å². The maximum Gasteiger partial charge on any atom is 0.153 e. The van der Waals surface area contributed by atoms with E-state index in [1.54, 1.807) is 0 Å². The minimum atomic E-state index is -0.205. The van der Waals surface area contributed by atoms with E-state index in [9.17, 15) is 0 Å². The third kappa shape index (κ3) is 1.61. The van der Waals surface area contributed by atoms with Crippen molar-refractivity contribution in [3.63, 3.8) is 0 Å². The number of nitrogens with zero attached hydrogens (tertiary/aromatic N) is 2. The van der Waals surface area contributed by atoms with Gasteiger partial charge in [-0.1, -0.05) is 12.1 Å². The molecule has 5 nitrogen and oxygen atoms in total. The highest BCUT2D eigenvalue weighted by Gasteiger charge is 2.13. The summed E-state index contributed by atoms with van der Waals surface area (Å²) in [5, 5.41) is 13.2. The van der Waals surface area contributed by atoms with Crippen LogP contribution in [0.25, 0.3) is 5.69 Å². The number of rotatable bonds is 2. The van der Waals surface area contributed by atoms with Crippen LogP contribution < -0.4 is 11.5 Å². The molecular formula is C11H14N4O. The largest absolute Gasteiger partial charge is 0.391 e. The molecule has 0 saturated carbocycles. The fraction of sp³-hybridized carbons (Fsp3) is 0.182. The maximum absolute atomic E-state index is 9.10. The molecule has 0 fully saturated rings. The van der Waals surface area contributed by atoms with Gasteiger partial charge in [0.05, 0.1) is 17.9 Å². The second-order valence-corrected chi connectivity index (χ2v) is 3.66. The van der Waals surface area contributed by atoms with Gasteiger partial charge in [-0.3, -0.25) is 0 Å². The van der Waals surface area contributed by atoms with Gasteiger partial charge < -0.3 is 16.6 Å². The minimum absolute atomic E-state index is 0.205. The summed E-state index contributed by atoms with van der Waals surface area (Å²) in [4.78, 5) is 0. The highest BCUT2D eigenvalue weighted by Crippen LogP contribution is 2.22. The number of anilines is 2. The Morgan fingerprint density at radius 3 is 2.69 bits per heavy atom. The molecule has 0 unspecified atom stereocenters. The lowest BCUT2D eigenvalue weighted by Crippen LogP contribution is -2.03. The van der Waals surface area contributed by atoms with E-state index in [1.165, 1.54) is 4.68 Å². The van der Waals surface area contributed by atoms with Crippen molar-refractivity contribution in [2.24, 2.45) is 0 Å². The van der Waals surface area contributed by atoms with Gasteiger partial charge in [-0.05, 0) is 24.6 Å². The van der Waals surface area contributed by atoms with Crippen molar-refractivity contribution in [2.75, 3.05) is 11.5 Å². The average molecular weight is 218 g/mol. The molecule has 0 amide bonds. The van der Waals surface area contributed by atoms with Crippen molar-refractivity contribution in [2.45, 2.75) is 13.5 Å². The van der Waals surface area contributed by atoms with Crippen molar-refractivity contribution >= 4 is 11.6 Å². The standard InChI is InChI=1S/C11H14N4O/c1-7-3-2-4-8(5-7)15-11(13)9(6-16)10(12)14-15/h2-5,16H,6,13H2,1H3,(H2,12,14). The molecule has 16 heavy (non-hydrogen) atoms. The second kappa shape index (κ2) is 3.86. The predicted octanol–water partition coefficient (Wildman–Crippen LogP) is 0.837. The van der Waals surface area contributed by atoms with Crippen molar-refractivity contribution < 1.29 is 5.11 Å². The summed E-state index contributed by atoms with van der Waals surface area (Å²) in [7, 11) is 0. The van der Waals surface area contributed by atoms with Gasteiger partial charge in [0.15, 0.2) is 5.82 Å². The highest BCUT2D eigenvalue weighted by molar-refractivity contribution is 5.57. The molecule has 0 saturated heterocycles. The molecule has 0 aliphatic rings. The zero-order valence-corrected chi connectivity index (χ0v) is 9.01. The summed E-state index contributed by atoms with van der Waals surface area (Å²) < 4.78 is 1.54. The Kier molecular flexibility index (Phi) is 2.54. The zero-order chi connectivity index (χ0) is 11.7. The number of aryl methyl sites for hydroxylation is 1. The van der Waals surface area contributed by atoms with Crippen LogP contribution in [0.15, 0.2) is 24.3 Å². The van der Waals surface area contributed by atoms with Gasteiger partial charge in [-0.15, -0.1) is 5.10 Å². The van der Waals surface area contributed by atoms with Gasteiger partial charge >= 0.3 is 0 Å². The molecule has 5 N–H and O–H groups in total. The zero-order valence-electron chi connectivity index (χ0n) is 9.01. The van der Waals surface area contributed by atoms with Gasteiger partial charge in [0.2, 0.25) is 0 Å². The van der Waals surface area contributed by atoms with E-state index >= 15 is 0 Å². The molecule has 5 heteroatoms. The predicted molar refractivity (Wildman–Crippen MR) is 63.0 cm³/mol. The van der Waals surface area contributed by atoms with Crippen LogP contribution in [0, 0.1) is 6.92 Å². The highest BCUT2D eigenvalue weighted by atomic mass is 16.3. The van der Waals surface area contributed by atoms with Crippen LogP contribution in [0.1, 0.15) is 11.1 Å². The molecule has 0 spiro atoms. The van der Waals surface area contributed by atoms with Gasteiger partial charge in [-0.2, -0.15) is 0 Å². The molecule has 0 atom stereocenters. The van der Waals surface area contributed by atoms with Crippen LogP contribution in [-0.4, -0.2) is 14.9 Å². The van der Waals surface area contributed by atoms with Gasteiger partial charge in [0, 0.05) is 0 Å². The molecular weight excluding hydrogens is 204 g/mol. The molecule has 0 aliphatic carbocycles. The van der Waals surface area contributed by atoms with E-state index in [0.717, 1.165) is 11.3 Å². The summed E-state index contributed by atoms with van der Waals surface area (Å²) in [6.07, 6.45) is 0. The number of aromatic nitrogens is 2. The Bertz CT molecular complexity index is 519. The molecule has 0 radical (unpaired) electrons. The number of nitrogen functional groups attached to an aromatic ring is 2. The first-order chi connectivity index (χ1) is 7.63. The summed E-state index contributed by atoms with van der Waals surface area (Å²) in [6, 6.07) is 7.74. The molecule has 84 valence electrons. The van der Waals surface area contributed by atoms with Crippen LogP contribution in [0.4, 0.5) is 11.6 Å². The first-order valence-electron chi connectivity index (χ1n) is 4.94. The molecule has 2 rings (SSSR count). The third-order valence-corrected chi connectivity index (χ3v) is 2.46. The van der Waals surface area contributed by atoms with E-state index in [-0.39, 0.29) is 12.4 Å². The first-order valence-corrected chi connectivity index (χ1v) is 4.94. The van der Waals surface area contributed by atoms with Crippen LogP contribution in [-0.2, 0) is 6.61 Å². The summed E-state index contributed by atoms with van der Waals surface area (Å²) in [5.41, 5.74) is 13.9. The fourth-order valence-electron chi connectivity index (χ4n) is 1.60. The number of hydrogen-bond acceptors (Lipinski definition) is 4. The van der Waals surface area contributed by atoms with Crippen LogP contribution in [0.2, 0.25) is 0 Å². The molecule has 0 aliphatic heterocycles. The van der Waals surface area contributed by atoms with E-state index in [1.807, 2.05) is 31.2 Å². The van der Waals surface area contributed by atoms with Gasteiger partial charge in [0.1, 0.15) is 5.82 Å². The Hall–Kier alpha value is -2.01. The number of aliphatic hydroxyl groups is 1. The fourth-order valence-corrected chi connectivity index (χ4v) is 1.60. The average Bonchev–Trinajstić information content (AvgIpc) is 2.54. The van der Waals surface area contributed by atoms with Crippen molar-refractivity contribution in [3.8, 4) is 5.69 Å². The van der Waals surface area contributed by atoms with Gasteiger partial charge in [-0.25, -0.2) is 4.68 Å². The van der Waals surface area contributed by atoms with Crippen LogP contribution >= 0.6 is 0 Å². The van der Waals surface area contributed by atoms with Gasteiger partial charge in [0.25, 0.3) is 0 Å². The lowest BCUT2D eigenvalue weighted by molar-refractivity contribution is 0.283. The maximum atomic E-state index is 9.10. The second-order valence-electron chi connectivity index (χ2n) is 3.66. The lowest BCUT2D eigenvalue weighted by Gasteiger charge is -2.04. The Labute approximate surface area is 93.3 Å². The third-order valence-electron chi connectivity index (χ3n) is 2.46. The monoisotopic (exact) mass is 218 g/mol. The Morgan fingerprint density at radius 2 is 2.12 bits per heavy atom. The summed E-state index contributed by atoms with van der Waals surface area (Å²) >= 11 is 0. The Balaban J connectivity index is 2.56. The number of nitrogens with two attached hydrogens (primary N) is 2. The van der Waals surface area contributed by atoms with Crippen molar-refractivity contribution in [1.29, 1.82) is 0 Å². The van der Waals surface area contributed by atoms with Crippen molar-refractivity contribution in [1.82, 2.24) is 9.78 Å². The molecule has 1 aromatic carbocycles. The molecule has 2 aromatic rings. The quantitative estimate of drug-likeness (QED) is 0.696. The molecule has 0 bridgehead atoms. The lowest BCUT2D eigenvalue weighted by atomic mass is 10.2. The first kappa shape index (κ1) is 10.5. The van der Waals surface area contributed by atoms with E-state index < -0.39 is 0 Å². The minimum Gasteiger partial charge on any atom is -0.391 e. The summed E-state index contributed by atoms with van der Waals surface area (Å²) in [6.45, 7) is 1.78. The Morgan fingerprint density at radius 1 is 1.38 bits per heavy atom.